The second-order valence-corrected chi connectivity index (χ2v) is 2.90. The number of hydrogen-bond donors (Lipinski definition) is 0. The minimum Gasteiger partial charge on any atom is -0.479 e. The SMILES string of the molecule is CCOC(=O)c1cc(F)c(OC)nc1Cl. The Balaban J connectivity index is 3.10. The predicted octanol–water partition coefficient (Wildman–Crippen LogP) is 2.06. The molecule has 0 amide bonds. The summed E-state index contributed by atoms with van der Waals surface area (Å²) >= 11 is 5.65. The third-order valence-corrected chi connectivity index (χ3v) is 1.87. The van der Waals surface area contributed by atoms with Gasteiger partial charge in [0.1, 0.15) is 10.7 Å². The van der Waals surface area contributed by atoms with Crippen LogP contribution in [-0.4, -0.2) is 24.7 Å². The summed E-state index contributed by atoms with van der Waals surface area (Å²) in [4.78, 5) is 14.8. The molecule has 0 saturated carbocycles. The second-order valence-electron chi connectivity index (χ2n) is 2.54. The van der Waals surface area contributed by atoms with E-state index in [0.29, 0.717) is 0 Å². The minimum absolute atomic E-state index is 0.114. The van der Waals surface area contributed by atoms with E-state index in [1.54, 1.807) is 6.92 Å². The van der Waals surface area contributed by atoms with Crippen molar-refractivity contribution >= 4 is 17.6 Å². The number of methoxy groups -OCH3 is 1. The number of carbonyl (C=O) groups excluding carboxylic acids is 1. The van der Waals surface area contributed by atoms with Gasteiger partial charge in [-0.1, -0.05) is 11.6 Å². The van der Waals surface area contributed by atoms with Gasteiger partial charge in [0.05, 0.1) is 13.7 Å². The number of nitrogens with zero attached hydrogens (tertiary/aromatic N) is 1. The Morgan fingerprint density at radius 2 is 2.33 bits per heavy atom. The summed E-state index contributed by atoms with van der Waals surface area (Å²) in [5, 5.41) is -0.147. The van der Waals surface area contributed by atoms with Crippen molar-refractivity contribution in [1.29, 1.82) is 0 Å². The van der Waals surface area contributed by atoms with Crippen LogP contribution in [0.1, 0.15) is 17.3 Å². The van der Waals surface area contributed by atoms with Gasteiger partial charge in [-0.2, -0.15) is 4.98 Å². The van der Waals surface area contributed by atoms with E-state index >= 15 is 0 Å². The highest BCUT2D eigenvalue weighted by atomic mass is 35.5. The van der Waals surface area contributed by atoms with E-state index in [1.807, 2.05) is 0 Å². The lowest BCUT2D eigenvalue weighted by Gasteiger charge is -2.06. The highest BCUT2D eigenvalue weighted by Crippen LogP contribution is 2.22. The minimum atomic E-state index is -0.759. The largest absolute Gasteiger partial charge is 0.479 e. The first-order valence-corrected chi connectivity index (χ1v) is 4.55. The van der Waals surface area contributed by atoms with Crippen molar-refractivity contribution in [3.63, 3.8) is 0 Å². The molecule has 82 valence electrons. The van der Waals surface area contributed by atoms with Crippen molar-refractivity contribution in [3.05, 3.63) is 22.6 Å². The van der Waals surface area contributed by atoms with Gasteiger partial charge in [0, 0.05) is 0 Å². The quantitative estimate of drug-likeness (QED) is 0.592. The average molecular weight is 234 g/mol. The van der Waals surface area contributed by atoms with Crippen molar-refractivity contribution in [2.45, 2.75) is 6.92 Å². The van der Waals surface area contributed by atoms with E-state index in [4.69, 9.17) is 11.6 Å². The number of carbonyl (C=O) groups is 1. The molecule has 0 bridgehead atoms. The molecule has 4 nitrogen and oxygen atoms in total. The van der Waals surface area contributed by atoms with Crippen molar-refractivity contribution in [3.8, 4) is 5.88 Å². The van der Waals surface area contributed by atoms with Crippen LogP contribution in [0.15, 0.2) is 6.07 Å². The van der Waals surface area contributed by atoms with Gasteiger partial charge in [0.2, 0.25) is 0 Å². The summed E-state index contributed by atoms with van der Waals surface area (Å²) in [5.74, 6) is -1.73. The first-order valence-electron chi connectivity index (χ1n) is 4.17. The first-order chi connectivity index (χ1) is 7.10. The Hall–Kier alpha value is -1.36. The van der Waals surface area contributed by atoms with E-state index in [1.165, 1.54) is 7.11 Å². The molecular weight excluding hydrogens is 225 g/mol. The molecule has 0 radical (unpaired) electrons. The summed E-state index contributed by atoms with van der Waals surface area (Å²) in [6, 6.07) is 0.937. The molecule has 0 aliphatic carbocycles. The summed E-state index contributed by atoms with van der Waals surface area (Å²) in [6.07, 6.45) is 0. The molecule has 6 heteroatoms. The number of ether oxygens (including phenoxy) is 2. The maximum atomic E-state index is 13.2. The maximum absolute atomic E-state index is 13.2. The van der Waals surface area contributed by atoms with Crippen LogP contribution in [0, 0.1) is 5.82 Å². The zero-order valence-electron chi connectivity index (χ0n) is 8.21. The second kappa shape index (κ2) is 4.93. The van der Waals surface area contributed by atoms with Crippen LogP contribution < -0.4 is 4.74 Å². The van der Waals surface area contributed by atoms with Gasteiger partial charge in [0.25, 0.3) is 5.88 Å². The molecule has 1 heterocycles. The Labute approximate surface area is 91.0 Å². The molecule has 15 heavy (non-hydrogen) atoms. The fourth-order valence-corrected chi connectivity index (χ4v) is 1.15. The number of esters is 1. The van der Waals surface area contributed by atoms with Crippen molar-refractivity contribution in [2.24, 2.45) is 0 Å². The van der Waals surface area contributed by atoms with Crippen LogP contribution in [0.4, 0.5) is 4.39 Å². The van der Waals surface area contributed by atoms with E-state index < -0.39 is 11.8 Å². The fourth-order valence-electron chi connectivity index (χ4n) is 0.946. The Morgan fingerprint density at radius 1 is 1.67 bits per heavy atom. The van der Waals surface area contributed by atoms with Gasteiger partial charge < -0.3 is 9.47 Å². The van der Waals surface area contributed by atoms with Gasteiger partial charge in [-0.05, 0) is 13.0 Å². The van der Waals surface area contributed by atoms with Gasteiger partial charge in [0.15, 0.2) is 5.82 Å². The Kier molecular flexibility index (Phi) is 3.85. The normalized spacial score (nSPS) is 9.87. The van der Waals surface area contributed by atoms with Gasteiger partial charge >= 0.3 is 5.97 Å². The summed E-state index contributed by atoms with van der Waals surface area (Å²) in [5.41, 5.74) is -0.114. The van der Waals surface area contributed by atoms with Crippen LogP contribution in [0.3, 0.4) is 0 Å². The number of halogens is 2. The lowest BCUT2D eigenvalue weighted by Crippen LogP contribution is -2.07. The molecule has 1 aromatic rings. The molecule has 0 fully saturated rings. The molecule has 0 aliphatic rings. The molecular formula is C9H9ClFNO3. The smallest absolute Gasteiger partial charge is 0.341 e. The van der Waals surface area contributed by atoms with E-state index in [9.17, 15) is 9.18 Å². The van der Waals surface area contributed by atoms with E-state index in [-0.39, 0.29) is 23.2 Å². The molecule has 1 aromatic heterocycles. The molecule has 0 aromatic carbocycles. The standard InChI is InChI=1S/C9H9ClFNO3/c1-3-15-9(13)5-4-6(11)8(14-2)12-7(5)10/h4H,3H2,1-2H3. The molecule has 0 saturated heterocycles. The van der Waals surface area contributed by atoms with E-state index in [0.717, 1.165) is 6.07 Å². The number of aromatic nitrogens is 1. The van der Waals surface area contributed by atoms with Gasteiger partial charge in [-0.3, -0.25) is 0 Å². The van der Waals surface area contributed by atoms with Crippen LogP contribution in [0.2, 0.25) is 5.15 Å². The third-order valence-electron chi connectivity index (χ3n) is 1.59. The van der Waals surface area contributed by atoms with Crippen LogP contribution >= 0.6 is 11.6 Å². The molecule has 0 unspecified atom stereocenters. The number of rotatable bonds is 3. The van der Waals surface area contributed by atoms with E-state index in [2.05, 4.69) is 14.5 Å². The summed E-state index contributed by atoms with van der Waals surface area (Å²) in [6.45, 7) is 1.82. The maximum Gasteiger partial charge on any atom is 0.341 e. The fraction of sp³-hybridized carbons (Fsp3) is 0.333. The molecule has 1 rings (SSSR count). The van der Waals surface area contributed by atoms with Crippen molar-refractivity contribution < 1.29 is 18.7 Å². The average Bonchev–Trinajstić information content (AvgIpc) is 2.21. The summed E-state index contributed by atoms with van der Waals surface area (Å²) in [7, 11) is 1.26. The number of pyridine rings is 1. The van der Waals surface area contributed by atoms with Gasteiger partial charge in [-0.25, -0.2) is 9.18 Å². The molecule has 0 spiro atoms. The molecule has 0 atom stereocenters. The molecule has 0 aliphatic heterocycles. The van der Waals surface area contributed by atoms with Crippen LogP contribution in [0.5, 0.6) is 5.88 Å². The predicted molar refractivity (Wildman–Crippen MR) is 51.7 cm³/mol. The van der Waals surface area contributed by atoms with Crippen molar-refractivity contribution in [2.75, 3.05) is 13.7 Å². The Morgan fingerprint density at radius 3 is 2.87 bits per heavy atom. The zero-order valence-corrected chi connectivity index (χ0v) is 8.97. The highest BCUT2D eigenvalue weighted by molar-refractivity contribution is 6.32. The Bertz CT molecular complexity index is 384. The van der Waals surface area contributed by atoms with Crippen molar-refractivity contribution in [1.82, 2.24) is 4.98 Å². The summed E-state index contributed by atoms with van der Waals surface area (Å²) < 4.78 is 22.4. The van der Waals surface area contributed by atoms with Crippen LogP contribution in [-0.2, 0) is 4.74 Å². The van der Waals surface area contributed by atoms with Gasteiger partial charge in [-0.15, -0.1) is 0 Å². The number of hydrogen-bond acceptors (Lipinski definition) is 4. The lowest BCUT2D eigenvalue weighted by atomic mass is 10.3. The highest BCUT2D eigenvalue weighted by Gasteiger charge is 2.17. The lowest BCUT2D eigenvalue weighted by molar-refractivity contribution is 0.0525. The topological polar surface area (TPSA) is 48.4 Å². The molecule has 0 N–H and O–H groups in total. The zero-order chi connectivity index (χ0) is 11.4. The monoisotopic (exact) mass is 233 g/mol. The third kappa shape index (κ3) is 2.56. The first kappa shape index (κ1) is 11.7. The van der Waals surface area contributed by atoms with Crippen LogP contribution in [0.25, 0.3) is 0 Å².